The van der Waals surface area contributed by atoms with E-state index in [1.54, 1.807) is 41.4 Å². The Hall–Kier alpha value is -5.10. The van der Waals surface area contributed by atoms with Gasteiger partial charge in [0.25, 0.3) is 17.7 Å². The summed E-state index contributed by atoms with van der Waals surface area (Å²) in [6, 6.07) is 22.4. The van der Waals surface area contributed by atoms with Crippen molar-refractivity contribution in [3.05, 3.63) is 123 Å². The van der Waals surface area contributed by atoms with Crippen LogP contribution < -0.4 is 20.4 Å². The molecule has 12 heteroatoms. The summed E-state index contributed by atoms with van der Waals surface area (Å²) in [6.07, 6.45) is 4.34. The number of para-hydroxylation sites is 2. The highest BCUT2D eigenvalue weighted by atomic mass is 35.5. The molecule has 3 aliphatic rings. The van der Waals surface area contributed by atoms with Crippen LogP contribution in [0.25, 0.3) is 10.4 Å². The molecule has 0 aliphatic carbocycles. The molecular weight excluding hydrogens is 701 g/mol. The number of halogens is 2. The first-order valence-corrected chi connectivity index (χ1v) is 18.4. The fourth-order valence-corrected chi connectivity index (χ4v) is 8.63. The standard InChI is InChI=1S/C40H35ClFN5O4S/c1-24-19-29(36(43-21-24)46-22-40(23-46)14-17-51-18-15-40)37(48)44-27-11-9-25(10-12-27)39(50)47-16-13-26-20-33(52-35(26)28-5-2-3-8-32(28)47)38(49)45-34-30(41)6-4-7-31(34)42/h2-12,19-21H,13-18,22-23H2,1H3,(H,44,48)(H,45,49). The summed E-state index contributed by atoms with van der Waals surface area (Å²) >= 11 is 7.43. The SMILES string of the molecule is Cc1cnc(N2CC3(CCOCC3)C2)c(C(=O)Nc2ccc(C(=O)N3CCc4cc(C(=O)Nc5c(F)cccc5Cl)sc4-c4ccccc43)cc2)c1. The van der Waals surface area contributed by atoms with Crippen LogP contribution in [0.15, 0.2) is 85.1 Å². The number of amides is 3. The predicted octanol–water partition coefficient (Wildman–Crippen LogP) is 8.24. The van der Waals surface area contributed by atoms with Crippen molar-refractivity contribution < 1.29 is 23.5 Å². The van der Waals surface area contributed by atoms with E-state index in [-0.39, 0.29) is 27.9 Å². The summed E-state index contributed by atoms with van der Waals surface area (Å²) in [5, 5.41) is 5.73. The Bertz CT molecular complexity index is 2190. The minimum atomic E-state index is -0.613. The Kier molecular flexibility index (Phi) is 9.02. The minimum absolute atomic E-state index is 0.0623. The zero-order valence-electron chi connectivity index (χ0n) is 28.4. The van der Waals surface area contributed by atoms with Gasteiger partial charge in [0.2, 0.25) is 0 Å². The zero-order valence-corrected chi connectivity index (χ0v) is 30.0. The number of carbonyl (C=O) groups excluding carboxylic acids is 3. The molecule has 52 heavy (non-hydrogen) atoms. The highest BCUT2D eigenvalue weighted by Crippen LogP contribution is 2.44. The lowest BCUT2D eigenvalue weighted by atomic mass is 9.73. The highest BCUT2D eigenvalue weighted by Gasteiger charge is 2.45. The van der Waals surface area contributed by atoms with Gasteiger partial charge in [-0.1, -0.05) is 35.9 Å². The van der Waals surface area contributed by atoms with Crippen LogP contribution in [0.1, 0.15) is 54.4 Å². The maximum atomic E-state index is 14.4. The summed E-state index contributed by atoms with van der Waals surface area (Å²) < 4.78 is 19.9. The molecule has 0 unspecified atom stereocenters. The molecule has 2 fully saturated rings. The minimum Gasteiger partial charge on any atom is -0.381 e. The molecule has 3 aliphatic heterocycles. The van der Waals surface area contributed by atoms with Crippen molar-refractivity contribution in [1.82, 2.24) is 4.98 Å². The number of hydrogen-bond donors (Lipinski definition) is 2. The summed E-state index contributed by atoms with van der Waals surface area (Å²) in [6.45, 7) is 5.57. The highest BCUT2D eigenvalue weighted by molar-refractivity contribution is 7.17. The smallest absolute Gasteiger partial charge is 0.265 e. The van der Waals surface area contributed by atoms with E-state index in [0.29, 0.717) is 40.5 Å². The first-order chi connectivity index (χ1) is 25.2. The summed E-state index contributed by atoms with van der Waals surface area (Å²) in [4.78, 5) is 50.7. The molecule has 3 amide bonds. The third-order valence-electron chi connectivity index (χ3n) is 10.1. The number of aryl methyl sites for hydroxylation is 1. The van der Waals surface area contributed by atoms with Gasteiger partial charge >= 0.3 is 0 Å². The molecule has 2 N–H and O–H groups in total. The van der Waals surface area contributed by atoms with Crippen molar-refractivity contribution >= 4 is 63.5 Å². The number of nitrogens with zero attached hydrogens (tertiary/aromatic N) is 3. The first-order valence-electron chi connectivity index (χ1n) is 17.2. The lowest BCUT2D eigenvalue weighted by Crippen LogP contribution is -2.59. The van der Waals surface area contributed by atoms with E-state index >= 15 is 0 Å². The predicted molar refractivity (Wildman–Crippen MR) is 203 cm³/mol. The van der Waals surface area contributed by atoms with Crippen LogP contribution in [0.3, 0.4) is 0 Å². The number of anilines is 4. The summed E-state index contributed by atoms with van der Waals surface area (Å²) in [5.41, 5.74) is 5.10. The molecule has 0 atom stereocenters. The molecule has 0 bridgehead atoms. The van der Waals surface area contributed by atoms with Gasteiger partial charge in [0.15, 0.2) is 0 Å². The van der Waals surface area contributed by atoms with E-state index in [2.05, 4.69) is 20.5 Å². The number of thiophene rings is 1. The normalized spacial score (nSPS) is 16.0. The molecule has 3 aromatic carbocycles. The number of benzene rings is 3. The first kappa shape index (κ1) is 34.0. The van der Waals surface area contributed by atoms with Crippen LogP contribution >= 0.6 is 22.9 Å². The van der Waals surface area contributed by atoms with Gasteiger partial charge in [0.05, 0.1) is 26.8 Å². The quantitative estimate of drug-likeness (QED) is 0.182. The van der Waals surface area contributed by atoms with Gasteiger partial charge < -0.3 is 25.2 Å². The average Bonchev–Trinajstić information content (AvgIpc) is 3.51. The maximum Gasteiger partial charge on any atom is 0.265 e. The fourth-order valence-electron chi connectivity index (χ4n) is 7.28. The van der Waals surface area contributed by atoms with E-state index in [9.17, 15) is 18.8 Å². The Morgan fingerprint density at radius 2 is 1.71 bits per heavy atom. The third kappa shape index (κ3) is 6.44. The second kappa shape index (κ2) is 13.8. The van der Waals surface area contributed by atoms with E-state index in [4.69, 9.17) is 16.3 Å². The van der Waals surface area contributed by atoms with Crippen LogP contribution in [-0.4, -0.2) is 55.6 Å². The number of ether oxygens (including phenoxy) is 1. The van der Waals surface area contributed by atoms with Gasteiger partial charge in [-0.15, -0.1) is 11.3 Å². The van der Waals surface area contributed by atoms with Crippen molar-refractivity contribution in [3.63, 3.8) is 0 Å². The topological polar surface area (TPSA) is 104 Å². The van der Waals surface area contributed by atoms with Crippen LogP contribution in [0.5, 0.6) is 0 Å². The molecule has 9 nitrogen and oxygen atoms in total. The largest absolute Gasteiger partial charge is 0.381 e. The number of aromatic nitrogens is 1. The molecule has 0 saturated carbocycles. The molecular formula is C40H35ClFN5O4S. The van der Waals surface area contributed by atoms with Crippen LogP contribution in [0.4, 0.5) is 27.3 Å². The van der Waals surface area contributed by atoms with Crippen molar-refractivity contribution in [1.29, 1.82) is 0 Å². The lowest BCUT2D eigenvalue weighted by Gasteiger charge is -2.53. The zero-order chi connectivity index (χ0) is 36.0. The molecule has 2 aromatic heterocycles. The van der Waals surface area contributed by atoms with Crippen molar-refractivity contribution in [2.75, 3.05) is 53.3 Å². The maximum absolute atomic E-state index is 14.4. The van der Waals surface area contributed by atoms with Gasteiger partial charge in [-0.3, -0.25) is 14.4 Å². The van der Waals surface area contributed by atoms with Crippen LogP contribution in [0, 0.1) is 18.2 Å². The third-order valence-corrected chi connectivity index (χ3v) is 11.6. The summed E-state index contributed by atoms with van der Waals surface area (Å²) in [7, 11) is 0. The van der Waals surface area contributed by atoms with E-state index in [0.717, 1.165) is 66.4 Å². The van der Waals surface area contributed by atoms with Gasteiger partial charge in [-0.25, -0.2) is 9.37 Å². The Labute approximate surface area is 309 Å². The monoisotopic (exact) mass is 735 g/mol. The molecule has 5 aromatic rings. The fraction of sp³-hybridized carbons (Fsp3) is 0.250. The second-order valence-corrected chi connectivity index (χ2v) is 15.1. The Morgan fingerprint density at radius 1 is 0.942 bits per heavy atom. The molecule has 264 valence electrons. The number of rotatable bonds is 6. The second-order valence-electron chi connectivity index (χ2n) is 13.6. The van der Waals surface area contributed by atoms with E-state index < -0.39 is 11.7 Å². The van der Waals surface area contributed by atoms with Gasteiger partial charge in [-0.2, -0.15) is 0 Å². The van der Waals surface area contributed by atoms with Crippen LogP contribution in [-0.2, 0) is 11.2 Å². The van der Waals surface area contributed by atoms with Crippen molar-refractivity contribution in [2.45, 2.75) is 26.2 Å². The number of hydrogen-bond acceptors (Lipinski definition) is 7. The van der Waals surface area contributed by atoms with E-state index in [1.807, 2.05) is 37.3 Å². The Balaban J connectivity index is 0.976. The lowest BCUT2D eigenvalue weighted by molar-refractivity contribution is -0.000511. The molecule has 8 rings (SSSR count). The molecule has 1 spiro atoms. The molecule has 5 heterocycles. The Morgan fingerprint density at radius 3 is 2.48 bits per heavy atom. The number of pyridine rings is 1. The molecule has 2 saturated heterocycles. The number of fused-ring (bicyclic) bond motifs is 3. The van der Waals surface area contributed by atoms with Crippen molar-refractivity contribution in [3.8, 4) is 10.4 Å². The van der Waals surface area contributed by atoms with Gasteiger partial charge in [-0.05, 0) is 91.9 Å². The van der Waals surface area contributed by atoms with Crippen LogP contribution in [0.2, 0.25) is 5.02 Å². The number of carbonyl (C=O) groups is 3. The number of nitrogens with one attached hydrogen (secondary N) is 2. The van der Waals surface area contributed by atoms with E-state index in [1.165, 1.54) is 29.5 Å². The van der Waals surface area contributed by atoms with Crippen molar-refractivity contribution in [2.24, 2.45) is 5.41 Å². The summed E-state index contributed by atoms with van der Waals surface area (Å²) in [5.74, 6) is -0.824. The van der Waals surface area contributed by atoms with Gasteiger partial charge in [0.1, 0.15) is 11.6 Å². The molecule has 0 radical (unpaired) electrons. The van der Waals surface area contributed by atoms with Gasteiger partial charge in [0, 0.05) is 66.2 Å². The average molecular weight is 736 g/mol.